The summed E-state index contributed by atoms with van der Waals surface area (Å²) in [6.07, 6.45) is -2.94. The zero-order chi connectivity index (χ0) is 24.2. The maximum Gasteiger partial charge on any atom is 0.204 e. The number of methoxy groups -OCH3 is 1. The molecular weight excluding hydrogens is 424 g/mol. The lowest BCUT2D eigenvalue weighted by molar-refractivity contribution is 0.00589. The van der Waals surface area contributed by atoms with Crippen LogP contribution in [0.4, 0.5) is 0 Å². The number of aromatic hydroxyl groups is 1. The zero-order valence-electron chi connectivity index (χ0n) is 19.1. The number of aliphatic hydroxyl groups is 2. The normalized spacial score (nSPS) is 19.7. The average molecular weight is 453 g/mol. The van der Waals surface area contributed by atoms with Crippen LogP contribution < -0.4 is 10.2 Å². The molecule has 3 N–H and O–H groups in total. The Balaban J connectivity index is 2.11. The molecule has 0 radical (unpaired) electrons. The van der Waals surface area contributed by atoms with E-state index >= 15 is 0 Å². The molecule has 2 heterocycles. The number of rotatable bonds is 5. The van der Waals surface area contributed by atoms with E-state index < -0.39 is 23.7 Å². The highest BCUT2D eigenvalue weighted by atomic mass is 16.5. The van der Waals surface area contributed by atoms with E-state index in [0.717, 1.165) is 5.57 Å². The molecule has 1 aromatic heterocycles. The van der Waals surface area contributed by atoms with Crippen molar-refractivity contribution < 1.29 is 29.2 Å². The fraction of sp³-hybridized carbons (Fsp3) is 0.346. The topological polar surface area (TPSA) is 109 Å². The largest absolute Gasteiger partial charge is 0.507 e. The number of fused-ring (bicyclic) bond motifs is 4. The van der Waals surface area contributed by atoms with E-state index in [1.165, 1.54) is 13.2 Å². The predicted octanol–water partition coefficient (Wildman–Crippen LogP) is 4.20. The van der Waals surface area contributed by atoms with E-state index in [1.54, 1.807) is 26.0 Å². The Morgan fingerprint density at radius 2 is 1.94 bits per heavy atom. The van der Waals surface area contributed by atoms with Crippen LogP contribution in [0.2, 0.25) is 0 Å². The van der Waals surface area contributed by atoms with Crippen LogP contribution in [0.1, 0.15) is 42.7 Å². The molecule has 0 bridgehead atoms. The van der Waals surface area contributed by atoms with Gasteiger partial charge in [-0.05, 0) is 50.1 Å². The molecule has 33 heavy (non-hydrogen) atoms. The van der Waals surface area contributed by atoms with E-state index in [4.69, 9.17) is 13.9 Å². The van der Waals surface area contributed by atoms with Gasteiger partial charge in [-0.1, -0.05) is 18.7 Å². The van der Waals surface area contributed by atoms with Crippen LogP contribution >= 0.6 is 0 Å². The van der Waals surface area contributed by atoms with Crippen molar-refractivity contribution in [3.8, 4) is 11.5 Å². The van der Waals surface area contributed by atoms with Crippen LogP contribution in [0.3, 0.4) is 0 Å². The molecule has 2 aromatic carbocycles. The van der Waals surface area contributed by atoms with Gasteiger partial charge in [0.25, 0.3) is 0 Å². The summed E-state index contributed by atoms with van der Waals surface area (Å²) >= 11 is 0. The Morgan fingerprint density at radius 1 is 1.24 bits per heavy atom. The third kappa shape index (κ3) is 3.53. The molecule has 0 amide bonds. The highest BCUT2D eigenvalue weighted by Gasteiger charge is 2.35. The Labute approximate surface area is 191 Å². The lowest BCUT2D eigenvalue weighted by atomic mass is 9.85. The van der Waals surface area contributed by atoms with Crippen molar-refractivity contribution >= 4 is 21.9 Å². The first-order valence-corrected chi connectivity index (χ1v) is 10.7. The van der Waals surface area contributed by atoms with Gasteiger partial charge in [0.05, 0.1) is 18.1 Å². The van der Waals surface area contributed by atoms with Crippen LogP contribution in [0, 0.1) is 12.8 Å². The molecule has 0 unspecified atom stereocenters. The van der Waals surface area contributed by atoms with E-state index in [-0.39, 0.29) is 40.2 Å². The van der Waals surface area contributed by atoms with Gasteiger partial charge in [-0.15, -0.1) is 0 Å². The fourth-order valence-electron chi connectivity index (χ4n) is 4.52. The third-order valence-corrected chi connectivity index (χ3v) is 6.37. The minimum atomic E-state index is -1.06. The molecule has 1 aliphatic rings. The van der Waals surface area contributed by atoms with Gasteiger partial charge < -0.3 is 29.2 Å². The minimum Gasteiger partial charge on any atom is -0.507 e. The molecule has 1 aliphatic heterocycles. The third-order valence-electron chi connectivity index (χ3n) is 6.37. The van der Waals surface area contributed by atoms with Crippen molar-refractivity contribution in [2.75, 3.05) is 13.7 Å². The number of ether oxygens (including phenoxy) is 2. The van der Waals surface area contributed by atoms with Gasteiger partial charge >= 0.3 is 0 Å². The molecule has 7 heteroatoms. The fourth-order valence-corrected chi connectivity index (χ4v) is 4.52. The highest BCUT2D eigenvalue weighted by molar-refractivity contribution is 5.97. The Kier molecular flexibility index (Phi) is 5.82. The summed E-state index contributed by atoms with van der Waals surface area (Å²) in [4.78, 5) is 13.8. The smallest absolute Gasteiger partial charge is 0.204 e. The molecule has 0 fully saturated rings. The predicted molar refractivity (Wildman–Crippen MR) is 126 cm³/mol. The van der Waals surface area contributed by atoms with E-state index in [9.17, 15) is 20.1 Å². The molecule has 0 spiro atoms. The summed E-state index contributed by atoms with van der Waals surface area (Å²) in [5.41, 5.74) is 2.46. The molecule has 4 atom stereocenters. The number of benzene rings is 2. The first kappa shape index (κ1) is 23.0. The maximum absolute atomic E-state index is 13.8. The first-order chi connectivity index (χ1) is 15.6. The average Bonchev–Trinajstić information content (AvgIpc) is 2.75. The highest BCUT2D eigenvalue weighted by Crippen LogP contribution is 2.45. The second-order valence-electron chi connectivity index (χ2n) is 8.77. The zero-order valence-corrected chi connectivity index (χ0v) is 19.1. The van der Waals surface area contributed by atoms with Crippen LogP contribution in [-0.4, -0.2) is 35.1 Å². The van der Waals surface area contributed by atoms with Crippen molar-refractivity contribution in [3.63, 3.8) is 0 Å². The molecule has 3 aromatic rings. The molecular formula is C26H28O7. The number of aliphatic hydroxyl groups excluding tert-OH is 2. The number of hydrogen-bond acceptors (Lipinski definition) is 7. The molecule has 7 nitrogen and oxygen atoms in total. The summed E-state index contributed by atoms with van der Waals surface area (Å²) in [7, 11) is 1.43. The lowest BCUT2D eigenvalue weighted by Gasteiger charge is -2.32. The van der Waals surface area contributed by atoms with E-state index in [0.29, 0.717) is 28.0 Å². The van der Waals surface area contributed by atoms with E-state index in [2.05, 4.69) is 13.2 Å². The summed E-state index contributed by atoms with van der Waals surface area (Å²) in [6, 6.07) is 4.59. The molecule has 174 valence electrons. The van der Waals surface area contributed by atoms with Crippen LogP contribution in [-0.2, 0) is 4.74 Å². The summed E-state index contributed by atoms with van der Waals surface area (Å²) in [6.45, 7) is 13.2. The second-order valence-corrected chi connectivity index (χ2v) is 8.77. The second kappa shape index (κ2) is 8.33. The van der Waals surface area contributed by atoms with Crippen molar-refractivity contribution in [1.82, 2.24) is 0 Å². The molecule has 4 rings (SSSR count). The van der Waals surface area contributed by atoms with Gasteiger partial charge in [-0.2, -0.15) is 0 Å². The number of hydrogen-bond donors (Lipinski definition) is 3. The SMILES string of the molecule is C=C(C)[C@H]1COc2c(C)cc3oc4c([C@@H](OC)[C@@H](O)C(=C)C)ccc(O)c4c(=O)c3c2[C@@H]1O. The van der Waals surface area contributed by atoms with Crippen LogP contribution in [0.25, 0.3) is 21.9 Å². The van der Waals surface area contributed by atoms with Crippen molar-refractivity contribution in [3.05, 3.63) is 69.4 Å². The van der Waals surface area contributed by atoms with Gasteiger partial charge in [-0.3, -0.25) is 4.79 Å². The summed E-state index contributed by atoms with van der Waals surface area (Å²) in [5, 5.41) is 32.4. The molecule has 0 saturated carbocycles. The standard InChI is InChI=1S/C26H28O7/c1-11(2)15-10-32-24-13(5)9-17-19(20(24)22(15)29)23(30)18-16(27)8-7-14(25(18)33-17)26(31-6)21(28)12(3)4/h7-9,15,21-22,26-29H,1,3,10H2,2,4-6H3/t15-,21+,22-,26-/m1/s1. The lowest BCUT2D eigenvalue weighted by Crippen LogP contribution is -2.28. The van der Waals surface area contributed by atoms with Gasteiger partial charge in [0.2, 0.25) is 5.43 Å². The minimum absolute atomic E-state index is 0.0633. The Hall–Kier alpha value is -3.13. The summed E-state index contributed by atoms with van der Waals surface area (Å²) in [5.74, 6) is -0.232. The Bertz CT molecular complexity index is 1350. The first-order valence-electron chi connectivity index (χ1n) is 10.7. The van der Waals surface area contributed by atoms with Gasteiger partial charge in [0.15, 0.2) is 0 Å². The van der Waals surface area contributed by atoms with Gasteiger partial charge in [-0.25, -0.2) is 0 Å². The summed E-state index contributed by atoms with van der Waals surface area (Å²) < 4.78 is 17.6. The number of phenolic OH excluding ortho intramolecular Hbond substituents is 1. The van der Waals surface area contributed by atoms with Crippen LogP contribution in [0.5, 0.6) is 11.5 Å². The quantitative estimate of drug-likeness (QED) is 0.393. The van der Waals surface area contributed by atoms with Gasteiger partial charge in [0.1, 0.15) is 40.3 Å². The monoisotopic (exact) mass is 452 g/mol. The molecule has 0 saturated heterocycles. The van der Waals surface area contributed by atoms with Crippen molar-refractivity contribution in [2.45, 2.75) is 39.1 Å². The van der Waals surface area contributed by atoms with Crippen molar-refractivity contribution in [1.29, 1.82) is 0 Å². The Morgan fingerprint density at radius 3 is 2.55 bits per heavy atom. The number of aryl methyl sites for hydroxylation is 1. The number of phenols is 1. The van der Waals surface area contributed by atoms with Gasteiger partial charge in [0, 0.05) is 24.2 Å². The van der Waals surface area contributed by atoms with E-state index in [1.807, 2.05) is 6.92 Å². The van der Waals surface area contributed by atoms with Crippen LogP contribution in [0.15, 0.2) is 51.7 Å². The molecule has 0 aliphatic carbocycles. The maximum atomic E-state index is 13.8. The van der Waals surface area contributed by atoms with Crippen molar-refractivity contribution in [2.24, 2.45) is 5.92 Å².